The maximum Gasteiger partial charge on any atom is 0.124 e. The van der Waals surface area contributed by atoms with E-state index in [1.807, 2.05) is 12.5 Å². The third kappa shape index (κ3) is 3.34. The third-order valence-corrected chi connectivity index (χ3v) is 5.69. The van der Waals surface area contributed by atoms with Gasteiger partial charge in [0.05, 0.1) is 29.1 Å². The zero-order valence-corrected chi connectivity index (χ0v) is 16.2. The van der Waals surface area contributed by atoms with Crippen LogP contribution >= 0.6 is 0 Å². The van der Waals surface area contributed by atoms with Gasteiger partial charge in [-0.1, -0.05) is 36.4 Å². The maximum atomic E-state index is 4.89. The fourth-order valence-corrected chi connectivity index (χ4v) is 4.24. The van der Waals surface area contributed by atoms with Crippen molar-refractivity contribution in [3.05, 3.63) is 83.7 Å². The number of imidazole rings is 2. The zero-order valence-electron chi connectivity index (χ0n) is 16.2. The average molecular weight is 371 g/mol. The molecule has 5 rings (SSSR count). The molecule has 0 saturated carbocycles. The predicted octanol–water partition coefficient (Wildman–Crippen LogP) is 4.45. The van der Waals surface area contributed by atoms with E-state index in [1.165, 1.54) is 23.2 Å². The molecule has 0 radical (unpaired) electrons. The van der Waals surface area contributed by atoms with E-state index >= 15 is 0 Å². The highest BCUT2D eigenvalue weighted by molar-refractivity contribution is 5.75. The second-order valence-corrected chi connectivity index (χ2v) is 7.77. The number of hydrogen-bond acceptors (Lipinski definition) is 3. The van der Waals surface area contributed by atoms with Gasteiger partial charge in [-0.25, -0.2) is 9.97 Å². The second-order valence-electron chi connectivity index (χ2n) is 7.77. The van der Waals surface area contributed by atoms with Crippen molar-refractivity contribution in [2.24, 2.45) is 0 Å². The molecule has 28 heavy (non-hydrogen) atoms. The minimum absolute atomic E-state index is 0.341. The molecule has 5 nitrogen and oxygen atoms in total. The van der Waals surface area contributed by atoms with Crippen molar-refractivity contribution in [1.82, 2.24) is 24.4 Å². The quantitative estimate of drug-likeness (QED) is 0.564. The Morgan fingerprint density at radius 3 is 2.89 bits per heavy atom. The van der Waals surface area contributed by atoms with Crippen molar-refractivity contribution < 1.29 is 0 Å². The number of nitrogens with one attached hydrogen (secondary N) is 1. The third-order valence-electron chi connectivity index (χ3n) is 5.69. The molecular weight excluding hydrogens is 346 g/mol. The van der Waals surface area contributed by atoms with Gasteiger partial charge in [0.2, 0.25) is 0 Å². The largest absolute Gasteiger partial charge is 0.341 e. The lowest BCUT2D eigenvalue weighted by Crippen LogP contribution is -2.25. The summed E-state index contributed by atoms with van der Waals surface area (Å²) in [5.74, 6) is 1.09. The number of aryl methyl sites for hydroxylation is 1. The molecule has 1 aliphatic rings. The van der Waals surface area contributed by atoms with Gasteiger partial charge in [-0.3, -0.25) is 4.90 Å². The smallest absolute Gasteiger partial charge is 0.124 e. The number of hydrogen-bond donors (Lipinski definition) is 1. The summed E-state index contributed by atoms with van der Waals surface area (Å²) in [6.45, 7) is 4.97. The van der Waals surface area contributed by atoms with Crippen LogP contribution in [-0.2, 0) is 13.1 Å². The van der Waals surface area contributed by atoms with Crippen LogP contribution in [0.15, 0.2) is 61.1 Å². The first kappa shape index (κ1) is 17.2. The first-order chi connectivity index (χ1) is 13.8. The highest BCUT2D eigenvalue weighted by Gasteiger charge is 2.29. The maximum absolute atomic E-state index is 4.89. The van der Waals surface area contributed by atoms with Gasteiger partial charge >= 0.3 is 0 Å². The van der Waals surface area contributed by atoms with E-state index in [0.29, 0.717) is 6.04 Å². The topological polar surface area (TPSA) is 49.7 Å². The van der Waals surface area contributed by atoms with Gasteiger partial charge in [0, 0.05) is 19.3 Å². The van der Waals surface area contributed by atoms with E-state index in [-0.39, 0.29) is 0 Å². The molecule has 0 aliphatic carbocycles. The minimum Gasteiger partial charge on any atom is -0.341 e. The first-order valence-electron chi connectivity index (χ1n) is 9.99. The SMILES string of the molecule is Cc1ccc2nc([C@@H]3CCCN3Cc3cncn3Cc3ccccc3)[nH]c2c1. The van der Waals surface area contributed by atoms with E-state index in [1.54, 1.807) is 0 Å². The van der Waals surface area contributed by atoms with E-state index < -0.39 is 0 Å². The number of rotatable bonds is 5. The van der Waals surface area contributed by atoms with Crippen molar-refractivity contribution >= 4 is 11.0 Å². The van der Waals surface area contributed by atoms with Gasteiger partial charge in [-0.15, -0.1) is 0 Å². The summed E-state index contributed by atoms with van der Waals surface area (Å²) in [4.78, 5) is 15.4. The molecule has 0 unspecified atom stereocenters. The van der Waals surface area contributed by atoms with Gasteiger partial charge in [-0.05, 0) is 49.6 Å². The van der Waals surface area contributed by atoms with Crippen LogP contribution in [0.3, 0.4) is 0 Å². The fraction of sp³-hybridized carbons (Fsp3) is 0.304. The first-order valence-corrected chi connectivity index (χ1v) is 9.99. The minimum atomic E-state index is 0.341. The van der Waals surface area contributed by atoms with Crippen LogP contribution in [0.25, 0.3) is 11.0 Å². The molecular formula is C23H25N5. The lowest BCUT2D eigenvalue weighted by Gasteiger charge is -2.23. The van der Waals surface area contributed by atoms with Crippen molar-refractivity contribution in [3.8, 4) is 0 Å². The van der Waals surface area contributed by atoms with Crippen LogP contribution in [0.2, 0.25) is 0 Å². The lowest BCUT2D eigenvalue weighted by molar-refractivity contribution is 0.235. The molecule has 1 N–H and O–H groups in total. The summed E-state index contributed by atoms with van der Waals surface area (Å²) in [5.41, 5.74) is 6.00. The van der Waals surface area contributed by atoms with Gasteiger partial charge in [0.25, 0.3) is 0 Å². The Hall–Kier alpha value is -2.92. The van der Waals surface area contributed by atoms with Crippen molar-refractivity contribution in [2.75, 3.05) is 6.54 Å². The number of benzene rings is 2. The molecule has 5 heteroatoms. The Balaban J connectivity index is 1.37. The summed E-state index contributed by atoms with van der Waals surface area (Å²) in [6.07, 6.45) is 6.29. The monoisotopic (exact) mass is 371 g/mol. The highest BCUT2D eigenvalue weighted by Crippen LogP contribution is 2.32. The predicted molar refractivity (Wildman–Crippen MR) is 111 cm³/mol. The van der Waals surface area contributed by atoms with Crippen LogP contribution in [0.1, 0.15) is 41.5 Å². The van der Waals surface area contributed by atoms with Crippen LogP contribution in [-0.4, -0.2) is 31.0 Å². The molecule has 0 spiro atoms. The van der Waals surface area contributed by atoms with Crippen molar-refractivity contribution in [3.63, 3.8) is 0 Å². The van der Waals surface area contributed by atoms with Crippen LogP contribution in [0.4, 0.5) is 0 Å². The molecule has 0 bridgehead atoms. The lowest BCUT2D eigenvalue weighted by atomic mass is 10.2. The van der Waals surface area contributed by atoms with E-state index in [2.05, 4.69) is 74.9 Å². The number of aromatic nitrogens is 4. The highest BCUT2D eigenvalue weighted by atomic mass is 15.2. The summed E-state index contributed by atoms with van der Waals surface area (Å²) in [7, 11) is 0. The number of nitrogens with zero attached hydrogens (tertiary/aromatic N) is 4. The molecule has 1 atom stereocenters. The number of aromatic amines is 1. The molecule has 2 aromatic heterocycles. The summed E-state index contributed by atoms with van der Waals surface area (Å²) in [6, 6.07) is 17.3. The standard InChI is InChI=1S/C23H25N5/c1-17-9-10-20-21(12-17)26-23(25-20)22-8-5-11-27(22)15-19-13-24-16-28(19)14-18-6-3-2-4-7-18/h2-4,6-7,9-10,12-13,16,22H,5,8,11,14-15H2,1H3,(H,25,26)/t22-/m0/s1. The van der Waals surface area contributed by atoms with E-state index in [4.69, 9.17) is 4.98 Å². The number of likely N-dealkylation sites (tertiary alicyclic amines) is 1. The van der Waals surface area contributed by atoms with E-state index in [9.17, 15) is 0 Å². The summed E-state index contributed by atoms with van der Waals surface area (Å²) in [5, 5.41) is 0. The van der Waals surface area contributed by atoms with Gasteiger partial charge in [0.1, 0.15) is 5.82 Å². The molecule has 142 valence electrons. The van der Waals surface area contributed by atoms with Gasteiger partial charge < -0.3 is 9.55 Å². The Bertz CT molecular complexity index is 1080. The number of H-pyrrole nitrogens is 1. The molecule has 2 aromatic carbocycles. The molecule has 3 heterocycles. The average Bonchev–Trinajstić information content (AvgIpc) is 3.43. The molecule has 4 aromatic rings. The molecule has 1 fully saturated rings. The normalized spacial score (nSPS) is 17.5. The van der Waals surface area contributed by atoms with Crippen LogP contribution in [0, 0.1) is 6.92 Å². The second kappa shape index (κ2) is 7.24. The Kier molecular flexibility index (Phi) is 4.45. The Morgan fingerprint density at radius 1 is 1.11 bits per heavy atom. The summed E-state index contributed by atoms with van der Waals surface area (Å²) < 4.78 is 2.26. The van der Waals surface area contributed by atoms with Crippen LogP contribution < -0.4 is 0 Å². The van der Waals surface area contributed by atoms with Crippen molar-refractivity contribution in [2.45, 2.75) is 38.9 Å². The molecule has 0 amide bonds. The molecule has 1 aliphatic heterocycles. The Labute approximate surface area is 165 Å². The van der Waals surface area contributed by atoms with Crippen LogP contribution in [0.5, 0.6) is 0 Å². The molecule has 1 saturated heterocycles. The van der Waals surface area contributed by atoms with E-state index in [0.717, 1.165) is 42.9 Å². The fourth-order valence-electron chi connectivity index (χ4n) is 4.24. The van der Waals surface area contributed by atoms with Gasteiger partial charge in [-0.2, -0.15) is 0 Å². The van der Waals surface area contributed by atoms with Crippen molar-refractivity contribution in [1.29, 1.82) is 0 Å². The Morgan fingerprint density at radius 2 is 2.00 bits per heavy atom. The number of fused-ring (bicyclic) bond motifs is 1. The van der Waals surface area contributed by atoms with Gasteiger partial charge in [0.15, 0.2) is 0 Å². The zero-order chi connectivity index (χ0) is 18.9. The summed E-state index contributed by atoms with van der Waals surface area (Å²) >= 11 is 0.